The zero-order valence-electron chi connectivity index (χ0n) is 13.9. The molecule has 0 aromatic heterocycles. The van der Waals surface area contributed by atoms with E-state index in [1.54, 1.807) is 24.3 Å². The molecule has 2 aromatic carbocycles. The molecule has 0 bridgehead atoms. The van der Waals surface area contributed by atoms with E-state index in [0.29, 0.717) is 11.5 Å². The summed E-state index contributed by atoms with van der Waals surface area (Å²) < 4.78 is 9.92. The van der Waals surface area contributed by atoms with Gasteiger partial charge >= 0.3 is 11.9 Å². The fraction of sp³-hybridized carbons (Fsp3) is 0.143. The summed E-state index contributed by atoms with van der Waals surface area (Å²) in [5.41, 5.74) is 1.71. The summed E-state index contributed by atoms with van der Waals surface area (Å²) in [6, 6.07) is 14.2. The second kappa shape index (κ2) is 7.38. The van der Waals surface area contributed by atoms with E-state index in [1.807, 2.05) is 36.1 Å². The van der Waals surface area contributed by atoms with E-state index in [4.69, 9.17) is 22.3 Å². The molecule has 124 valence electrons. The predicted octanol–water partition coefficient (Wildman–Crippen LogP) is 3.09. The SMILES string of the molecule is C#CC(=O)Oc1ccc(C(C)(C)c2ccc(OC(=O)C#C)cc2)cc1. The first-order chi connectivity index (χ1) is 11.9. The van der Waals surface area contributed by atoms with Crippen LogP contribution in [0.1, 0.15) is 25.0 Å². The summed E-state index contributed by atoms with van der Waals surface area (Å²) in [6.07, 6.45) is 9.96. The minimum Gasteiger partial charge on any atom is -0.417 e. The van der Waals surface area contributed by atoms with Crippen LogP contribution in [-0.2, 0) is 15.0 Å². The van der Waals surface area contributed by atoms with Gasteiger partial charge in [0, 0.05) is 17.3 Å². The summed E-state index contributed by atoms with van der Waals surface area (Å²) in [6.45, 7) is 4.11. The van der Waals surface area contributed by atoms with Crippen LogP contribution in [0.2, 0.25) is 0 Å². The Hall–Kier alpha value is -3.50. The van der Waals surface area contributed by atoms with Gasteiger partial charge in [-0.1, -0.05) is 38.1 Å². The van der Waals surface area contributed by atoms with E-state index in [2.05, 4.69) is 13.8 Å². The number of carbonyl (C=O) groups excluding carboxylic acids is 2. The summed E-state index contributed by atoms with van der Waals surface area (Å²) in [7, 11) is 0. The molecule has 0 amide bonds. The fourth-order valence-electron chi connectivity index (χ4n) is 2.32. The Morgan fingerprint density at radius 1 is 0.760 bits per heavy atom. The number of terminal acetylenes is 2. The van der Waals surface area contributed by atoms with Gasteiger partial charge in [0.15, 0.2) is 0 Å². The van der Waals surface area contributed by atoms with Crippen LogP contribution in [-0.4, -0.2) is 11.9 Å². The third kappa shape index (κ3) is 4.28. The average Bonchev–Trinajstić information content (AvgIpc) is 2.62. The first-order valence-electron chi connectivity index (χ1n) is 7.44. The van der Waals surface area contributed by atoms with E-state index in [0.717, 1.165) is 11.1 Å². The van der Waals surface area contributed by atoms with Crippen LogP contribution >= 0.6 is 0 Å². The summed E-state index contributed by atoms with van der Waals surface area (Å²) >= 11 is 0. The Morgan fingerprint density at radius 3 is 1.36 bits per heavy atom. The molecule has 0 aliphatic carbocycles. The highest BCUT2D eigenvalue weighted by molar-refractivity contribution is 5.89. The van der Waals surface area contributed by atoms with Gasteiger partial charge < -0.3 is 9.47 Å². The molecule has 0 saturated carbocycles. The van der Waals surface area contributed by atoms with E-state index >= 15 is 0 Å². The molecule has 0 aliphatic heterocycles. The van der Waals surface area contributed by atoms with Crippen molar-refractivity contribution < 1.29 is 19.1 Å². The third-order valence-electron chi connectivity index (χ3n) is 3.81. The fourth-order valence-corrected chi connectivity index (χ4v) is 2.32. The van der Waals surface area contributed by atoms with Gasteiger partial charge in [-0.05, 0) is 35.4 Å². The molecule has 0 unspecified atom stereocenters. The molecule has 0 saturated heterocycles. The molecule has 0 fully saturated rings. The van der Waals surface area contributed by atoms with E-state index < -0.39 is 11.9 Å². The lowest BCUT2D eigenvalue weighted by Crippen LogP contribution is -2.19. The van der Waals surface area contributed by atoms with Crippen molar-refractivity contribution in [2.45, 2.75) is 19.3 Å². The molecule has 0 radical (unpaired) electrons. The number of hydrogen-bond donors (Lipinski definition) is 0. The number of ether oxygens (including phenoxy) is 2. The van der Waals surface area contributed by atoms with Crippen LogP contribution in [0.15, 0.2) is 48.5 Å². The van der Waals surface area contributed by atoms with Crippen LogP contribution in [0.25, 0.3) is 0 Å². The molecular weight excluding hydrogens is 316 g/mol. The molecule has 0 atom stereocenters. The maximum absolute atomic E-state index is 11.1. The van der Waals surface area contributed by atoms with E-state index in [9.17, 15) is 9.59 Å². The number of carbonyl (C=O) groups is 2. The maximum Gasteiger partial charge on any atom is 0.389 e. The molecule has 4 nitrogen and oxygen atoms in total. The zero-order valence-corrected chi connectivity index (χ0v) is 13.9. The second-order valence-corrected chi connectivity index (χ2v) is 5.74. The van der Waals surface area contributed by atoms with Gasteiger partial charge in [0.05, 0.1) is 0 Å². The van der Waals surface area contributed by atoms with Crippen molar-refractivity contribution in [3.63, 3.8) is 0 Å². The van der Waals surface area contributed by atoms with Crippen molar-refractivity contribution in [1.29, 1.82) is 0 Å². The number of esters is 2. The Bertz CT molecular complexity index is 787. The van der Waals surface area contributed by atoms with Crippen molar-refractivity contribution in [3.8, 4) is 36.2 Å². The molecule has 4 heteroatoms. The Balaban J connectivity index is 2.20. The molecule has 0 spiro atoms. The molecule has 0 heterocycles. The largest absolute Gasteiger partial charge is 0.417 e. The average molecular weight is 332 g/mol. The van der Waals surface area contributed by atoms with Crippen molar-refractivity contribution in [2.75, 3.05) is 0 Å². The minimum atomic E-state index is -0.732. The number of rotatable bonds is 4. The summed E-state index contributed by atoms with van der Waals surface area (Å²) in [5, 5.41) is 0. The van der Waals surface area contributed by atoms with Gasteiger partial charge in [0.1, 0.15) is 11.5 Å². The Labute approximate surface area is 146 Å². The summed E-state index contributed by atoms with van der Waals surface area (Å²) in [4.78, 5) is 22.2. The Morgan fingerprint density at radius 2 is 1.08 bits per heavy atom. The van der Waals surface area contributed by atoms with Gasteiger partial charge in [-0.25, -0.2) is 9.59 Å². The topological polar surface area (TPSA) is 52.6 Å². The molecule has 2 aromatic rings. The molecular formula is C21H16O4. The second-order valence-electron chi connectivity index (χ2n) is 5.74. The summed E-state index contributed by atoms with van der Waals surface area (Å²) in [5.74, 6) is 3.11. The van der Waals surface area contributed by atoms with Crippen LogP contribution < -0.4 is 9.47 Å². The van der Waals surface area contributed by atoms with Crippen molar-refractivity contribution in [3.05, 3.63) is 59.7 Å². The van der Waals surface area contributed by atoms with Gasteiger partial charge in [-0.3, -0.25) is 0 Å². The zero-order chi connectivity index (χ0) is 18.4. The van der Waals surface area contributed by atoms with Gasteiger partial charge in [-0.2, -0.15) is 0 Å². The molecule has 0 aliphatic rings. The number of benzene rings is 2. The normalized spacial score (nSPS) is 10.2. The van der Waals surface area contributed by atoms with Gasteiger partial charge in [-0.15, -0.1) is 12.8 Å². The lowest BCUT2D eigenvalue weighted by molar-refractivity contribution is -0.128. The van der Waals surface area contributed by atoms with Crippen molar-refractivity contribution in [2.24, 2.45) is 0 Å². The maximum atomic E-state index is 11.1. The quantitative estimate of drug-likeness (QED) is 0.374. The minimum absolute atomic E-state index is 0.316. The van der Waals surface area contributed by atoms with Crippen LogP contribution in [0.3, 0.4) is 0 Å². The highest BCUT2D eigenvalue weighted by Gasteiger charge is 2.23. The monoisotopic (exact) mass is 332 g/mol. The first kappa shape index (κ1) is 17.8. The number of hydrogen-bond acceptors (Lipinski definition) is 4. The predicted molar refractivity (Wildman–Crippen MR) is 93.9 cm³/mol. The highest BCUT2D eigenvalue weighted by atomic mass is 16.5. The molecule has 0 N–H and O–H groups in total. The molecule has 2 rings (SSSR count). The Kier molecular flexibility index (Phi) is 5.27. The lowest BCUT2D eigenvalue weighted by atomic mass is 9.78. The van der Waals surface area contributed by atoms with Crippen LogP contribution in [0, 0.1) is 24.7 Å². The van der Waals surface area contributed by atoms with E-state index in [-0.39, 0.29) is 5.41 Å². The van der Waals surface area contributed by atoms with Gasteiger partial charge in [0.2, 0.25) is 0 Å². The lowest BCUT2D eigenvalue weighted by Gasteiger charge is -2.26. The van der Waals surface area contributed by atoms with Crippen LogP contribution in [0.5, 0.6) is 11.5 Å². The third-order valence-corrected chi connectivity index (χ3v) is 3.81. The van der Waals surface area contributed by atoms with Crippen LogP contribution in [0.4, 0.5) is 0 Å². The van der Waals surface area contributed by atoms with Crippen molar-refractivity contribution >= 4 is 11.9 Å². The molecule has 25 heavy (non-hydrogen) atoms. The highest BCUT2D eigenvalue weighted by Crippen LogP contribution is 2.33. The van der Waals surface area contributed by atoms with E-state index in [1.165, 1.54) is 0 Å². The smallest absolute Gasteiger partial charge is 0.389 e. The standard InChI is InChI=1S/C21H16O4/c1-5-19(22)24-17-11-7-15(8-12-17)21(3,4)16-9-13-18(14-10-16)25-20(23)6-2/h1-2,7-14H,3-4H3. The van der Waals surface area contributed by atoms with Crippen molar-refractivity contribution in [1.82, 2.24) is 0 Å². The first-order valence-corrected chi connectivity index (χ1v) is 7.44. The van der Waals surface area contributed by atoms with Gasteiger partial charge in [0.25, 0.3) is 0 Å².